The molecule has 82 valence electrons. The Balaban J connectivity index is 3.16. The minimum atomic E-state index is -0.986. The monoisotopic (exact) mass is 208 g/mol. The van der Waals surface area contributed by atoms with E-state index in [1.807, 2.05) is 33.8 Å². The van der Waals surface area contributed by atoms with E-state index in [0.717, 1.165) is 5.69 Å². The van der Waals surface area contributed by atoms with Gasteiger partial charge in [-0.25, -0.2) is 9.78 Å². The van der Waals surface area contributed by atoms with Gasteiger partial charge in [-0.05, 0) is 39.8 Å². The molecular weight excluding hydrogens is 192 g/mol. The Morgan fingerprint density at radius 3 is 2.40 bits per heavy atom. The first-order valence-electron chi connectivity index (χ1n) is 4.79. The predicted octanol–water partition coefficient (Wildman–Crippen LogP) is 2.67. The van der Waals surface area contributed by atoms with Gasteiger partial charge in [-0.15, -0.1) is 0 Å². The van der Waals surface area contributed by atoms with E-state index in [2.05, 4.69) is 4.98 Å². The van der Waals surface area contributed by atoms with Crippen molar-refractivity contribution in [2.24, 2.45) is 0 Å². The van der Waals surface area contributed by atoms with Crippen LogP contribution in [0, 0.1) is 6.92 Å². The number of anilines is 1. The molecule has 0 bridgehead atoms. The van der Waals surface area contributed by atoms with E-state index >= 15 is 0 Å². The van der Waals surface area contributed by atoms with Crippen LogP contribution in [0.2, 0.25) is 0 Å². The molecule has 1 rings (SSSR count). The lowest BCUT2D eigenvalue weighted by atomic mass is 10.1. The fourth-order valence-electron chi connectivity index (χ4n) is 1.38. The molecule has 1 aromatic heterocycles. The maximum atomic E-state index is 11.1. The fraction of sp³-hybridized carbons (Fsp3) is 0.455. The van der Waals surface area contributed by atoms with Gasteiger partial charge in [-0.3, -0.25) is 4.90 Å². The molecule has 0 saturated carbocycles. The van der Waals surface area contributed by atoms with E-state index in [0.29, 0.717) is 5.82 Å². The van der Waals surface area contributed by atoms with Gasteiger partial charge >= 0.3 is 6.09 Å². The van der Waals surface area contributed by atoms with Crippen LogP contribution >= 0.6 is 0 Å². The Labute approximate surface area is 89.6 Å². The Morgan fingerprint density at radius 1 is 1.40 bits per heavy atom. The van der Waals surface area contributed by atoms with Gasteiger partial charge < -0.3 is 5.11 Å². The molecular formula is C11H16N2O2. The molecule has 0 radical (unpaired) electrons. The molecule has 15 heavy (non-hydrogen) atoms. The van der Waals surface area contributed by atoms with Crippen LogP contribution in [0.25, 0.3) is 0 Å². The number of amides is 1. The van der Waals surface area contributed by atoms with E-state index < -0.39 is 11.6 Å². The zero-order valence-corrected chi connectivity index (χ0v) is 9.48. The summed E-state index contributed by atoms with van der Waals surface area (Å²) in [7, 11) is 0. The van der Waals surface area contributed by atoms with Gasteiger partial charge in [-0.2, -0.15) is 0 Å². The molecule has 0 aliphatic carbocycles. The van der Waals surface area contributed by atoms with Crippen LogP contribution in [0.15, 0.2) is 18.2 Å². The zero-order chi connectivity index (χ0) is 11.6. The molecule has 1 aromatic rings. The largest absolute Gasteiger partial charge is 0.465 e. The zero-order valence-electron chi connectivity index (χ0n) is 9.48. The lowest BCUT2D eigenvalue weighted by Crippen LogP contribution is -2.45. The van der Waals surface area contributed by atoms with E-state index in [1.165, 1.54) is 4.90 Å². The summed E-state index contributed by atoms with van der Waals surface area (Å²) in [6.45, 7) is 7.35. The highest BCUT2D eigenvalue weighted by Crippen LogP contribution is 2.21. The van der Waals surface area contributed by atoms with Crippen molar-refractivity contribution in [2.45, 2.75) is 33.2 Å². The van der Waals surface area contributed by atoms with E-state index in [1.54, 1.807) is 12.1 Å². The van der Waals surface area contributed by atoms with Gasteiger partial charge in [0, 0.05) is 11.2 Å². The van der Waals surface area contributed by atoms with Crippen LogP contribution in [-0.2, 0) is 0 Å². The first kappa shape index (κ1) is 11.5. The molecule has 1 amide bonds. The normalized spacial score (nSPS) is 11.2. The molecule has 0 aliphatic heterocycles. The Kier molecular flexibility index (Phi) is 2.98. The molecule has 1 N–H and O–H groups in total. The number of carbonyl (C=O) groups is 1. The number of rotatable bonds is 1. The fourth-order valence-corrected chi connectivity index (χ4v) is 1.38. The van der Waals surface area contributed by atoms with Gasteiger partial charge in [0.1, 0.15) is 5.82 Å². The van der Waals surface area contributed by atoms with Crippen LogP contribution < -0.4 is 4.90 Å². The van der Waals surface area contributed by atoms with E-state index in [4.69, 9.17) is 5.11 Å². The topological polar surface area (TPSA) is 53.4 Å². The number of carboxylic acid groups (broad SMARTS) is 1. The maximum absolute atomic E-state index is 11.1. The van der Waals surface area contributed by atoms with Crippen molar-refractivity contribution < 1.29 is 9.90 Å². The Bertz CT molecular complexity index is 369. The summed E-state index contributed by atoms with van der Waals surface area (Å²) in [5.74, 6) is 0.468. The second kappa shape index (κ2) is 3.88. The molecule has 4 nitrogen and oxygen atoms in total. The second-order valence-corrected chi connectivity index (χ2v) is 4.43. The van der Waals surface area contributed by atoms with Gasteiger partial charge in [0.25, 0.3) is 0 Å². The molecule has 0 spiro atoms. The van der Waals surface area contributed by atoms with Gasteiger partial charge in [0.2, 0.25) is 0 Å². The Morgan fingerprint density at radius 2 is 2.00 bits per heavy atom. The summed E-state index contributed by atoms with van der Waals surface area (Å²) < 4.78 is 0. The van der Waals surface area contributed by atoms with Crippen LogP contribution in [0.5, 0.6) is 0 Å². The van der Waals surface area contributed by atoms with Gasteiger partial charge in [0.05, 0.1) is 0 Å². The van der Waals surface area contributed by atoms with Crippen molar-refractivity contribution in [3.63, 3.8) is 0 Å². The van der Waals surface area contributed by atoms with Crippen molar-refractivity contribution in [1.82, 2.24) is 4.98 Å². The average Bonchev–Trinajstić information content (AvgIpc) is 1.99. The lowest BCUT2D eigenvalue weighted by molar-refractivity contribution is 0.195. The smallest absolute Gasteiger partial charge is 0.413 e. The highest BCUT2D eigenvalue weighted by atomic mass is 16.4. The minimum absolute atomic E-state index is 0.468. The van der Waals surface area contributed by atoms with E-state index in [9.17, 15) is 4.79 Å². The van der Waals surface area contributed by atoms with Crippen molar-refractivity contribution in [1.29, 1.82) is 0 Å². The van der Waals surface area contributed by atoms with Crippen LogP contribution in [0.3, 0.4) is 0 Å². The number of aryl methyl sites for hydroxylation is 1. The third-order valence-electron chi connectivity index (χ3n) is 1.96. The highest BCUT2D eigenvalue weighted by Gasteiger charge is 2.28. The molecule has 4 heteroatoms. The molecule has 0 aromatic carbocycles. The molecule has 0 atom stereocenters. The quantitative estimate of drug-likeness (QED) is 0.772. The molecule has 0 saturated heterocycles. The van der Waals surface area contributed by atoms with Crippen LogP contribution in [0.1, 0.15) is 26.5 Å². The molecule has 0 aliphatic rings. The van der Waals surface area contributed by atoms with Crippen molar-refractivity contribution in [3.8, 4) is 0 Å². The predicted molar refractivity (Wildman–Crippen MR) is 59.2 cm³/mol. The van der Waals surface area contributed by atoms with Crippen molar-refractivity contribution in [3.05, 3.63) is 23.9 Å². The molecule has 0 fully saturated rings. The first-order chi connectivity index (χ1) is 6.82. The summed E-state index contributed by atoms with van der Waals surface area (Å²) >= 11 is 0. The maximum Gasteiger partial charge on any atom is 0.413 e. The third kappa shape index (κ3) is 2.68. The standard InChI is InChI=1S/C11H16N2O2/c1-8-6-5-7-9(12-8)13(10(14)15)11(2,3)4/h5-7H,1-4H3,(H,14,15). The number of hydrogen-bond acceptors (Lipinski definition) is 2. The highest BCUT2D eigenvalue weighted by molar-refractivity contribution is 5.86. The summed E-state index contributed by atoms with van der Waals surface area (Å²) in [5.41, 5.74) is 0.315. The molecule has 0 unspecified atom stereocenters. The number of pyridine rings is 1. The minimum Gasteiger partial charge on any atom is -0.465 e. The number of hydrogen-bond donors (Lipinski definition) is 1. The first-order valence-corrected chi connectivity index (χ1v) is 4.79. The summed E-state index contributed by atoms with van der Waals surface area (Å²) in [6, 6.07) is 5.35. The van der Waals surface area contributed by atoms with E-state index in [-0.39, 0.29) is 0 Å². The summed E-state index contributed by atoms with van der Waals surface area (Å²) in [5, 5.41) is 9.14. The van der Waals surface area contributed by atoms with Gasteiger partial charge in [-0.1, -0.05) is 6.07 Å². The van der Waals surface area contributed by atoms with Crippen LogP contribution in [-0.4, -0.2) is 21.7 Å². The Hall–Kier alpha value is -1.58. The molecule has 1 heterocycles. The van der Waals surface area contributed by atoms with Crippen LogP contribution in [0.4, 0.5) is 10.6 Å². The SMILES string of the molecule is Cc1cccc(N(C(=O)O)C(C)(C)C)n1. The average molecular weight is 208 g/mol. The summed E-state index contributed by atoms with van der Waals surface area (Å²) in [6.07, 6.45) is -0.986. The van der Waals surface area contributed by atoms with Crippen molar-refractivity contribution in [2.75, 3.05) is 4.90 Å². The second-order valence-electron chi connectivity index (χ2n) is 4.43. The van der Waals surface area contributed by atoms with Crippen molar-refractivity contribution >= 4 is 11.9 Å². The van der Waals surface area contributed by atoms with Gasteiger partial charge in [0.15, 0.2) is 0 Å². The summed E-state index contributed by atoms with van der Waals surface area (Å²) in [4.78, 5) is 16.6. The number of aromatic nitrogens is 1. The number of nitrogens with zero attached hydrogens (tertiary/aromatic N) is 2. The third-order valence-corrected chi connectivity index (χ3v) is 1.96. The lowest BCUT2D eigenvalue weighted by Gasteiger charge is -2.32.